The van der Waals surface area contributed by atoms with Gasteiger partial charge >= 0.3 is 5.97 Å². The van der Waals surface area contributed by atoms with Gasteiger partial charge in [0.25, 0.3) is 0 Å². The van der Waals surface area contributed by atoms with Crippen molar-refractivity contribution < 1.29 is 14.6 Å². The average molecular weight is 298 g/mol. The summed E-state index contributed by atoms with van der Waals surface area (Å²) < 4.78 is 7.37. The van der Waals surface area contributed by atoms with Crippen molar-refractivity contribution >= 4 is 14.0 Å². The van der Waals surface area contributed by atoms with Crippen molar-refractivity contribution in [3.05, 3.63) is 17.2 Å². The van der Waals surface area contributed by atoms with Crippen LogP contribution in [0.3, 0.4) is 0 Å². The van der Waals surface area contributed by atoms with Crippen molar-refractivity contribution in [3.8, 4) is 0 Å². The molecule has 6 heteroatoms. The molecule has 0 saturated heterocycles. The molecule has 0 aliphatic heterocycles. The normalized spacial score (nSPS) is 12.2. The molecular weight excluding hydrogens is 272 g/mol. The number of nitrogens with zero attached hydrogens (tertiary/aromatic N) is 2. The van der Waals surface area contributed by atoms with Crippen LogP contribution in [0, 0.1) is 6.92 Å². The summed E-state index contributed by atoms with van der Waals surface area (Å²) >= 11 is 0. The number of carbonyl (C=O) groups is 1. The van der Waals surface area contributed by atoms with Gasteiger partial charge in [-0.2, -0.15) is 0 Å². The fourth-order valence-electron chi connectivity index (χ4n) is 1.97. The van der Waals surface area contributed by atoms with Gasteiger partial charge in [0.05, 0.1) is 5.69 Å². The second-order valence-electron chi connectivity index (χ2n) is 6.64. The van der Waals surface area contributed by atoms with E-state index in [1.54, 1.807) is 11.5 Å². The molecule has 0 spiro atoms. The number of ether oxygens (including phenoxy) is 1. The molecule has 0 unspecified atom stereocenters. The molecule has 0 bridgehead atoms. The number of hydrogen-bond acceptors (Lipinski definition) is 3. The lowest BCUT2D eigenvalue weighted by molar-refractivity contribution is 0.0614. The zero-order valence-electron chi connectivity index (χ0n) is 13.4. The number of carboxylic acid groups (broad SMARTS) is 1. The first kappa shape index (κ1) is 16.9. The topological polar surface area (TPSA) is 64.4 Å². The SMILES string of the molecule is Cc1nc(C(C)C)n(COCC[Si](C)(C)C)c1C(=O)O. The van der Waals surface area contributed by atoms with Gasteiger partial charge in [0.15, 0.2) is 5.69 Å². The average Bonchev–Trinajstić information content (AvgIpc) is 2.60. The van der Waals surface area contributed by atoms with E-state index in [9.17, 15) is 9.90 Å². The summed E-state index contributed by atoms with van der Waals surface area (Å²) in [6.45, 7) is 13.6. The largest absolute Gasteiger partial charge is 0.477 e. The number of carboxylic acids is 1. The number of aromatic nitrogens is 2. The first-order valence-electron chi connectivity index (χ1n) is 7.01. The van der Waals surface area contributed by atoms with E-state index in [-0.39, 0.29) is 18.3 Å². The van der Waals surface area contributed by atoms with E-state index in [1.807, 2.05) is 13.8 Å². The Kier molecular flexibility index (Phi) is 5.53. The maximum Gasteiger partial charge on any atom is 0.354 e. The maximum absolute atomic E-state index is 11.4. The lowest BCUT2D eigenvalue weighted by atomic mass is 10.2. The molecule has 5 nitrogen and oxygen atoms in total. The molecule has 0 saturated carbocycles. The van der Waals surface area contributed by atoms with E-state index in [1.165, 1.54) is 0 Å². The Morgan fingerprint density at radius 3 is 2.45 bits per heavy atom. The smallest absolute Gasteiger partial charge is 0.354 e. The zero-order valence-corrected chi connectivity index (χ0v) is 14.4. The standard InChI is InChI=1S/C14H26N2O3Si/c1-10(2)13-15-11(3)12(14(17)18)16(13)9-19-7-8-20(4,5)6/h10H,7-9H2,1-6H3,(H,17,18). The summed E-state index contributed by atoms with van der Waals surface area (Å²) in [5.74, 6) is -0.00834. The molecule has 1 aromatic heterocycles. The second kappa shape index (κ2) is 6.54. The van der Waals surface area contributed by atoms with Gasteiger partial charge in [-0.25, -0.2) is 9.78 Å². The highest BCUT2D eigenvalue weighted by atomic mass is 28.3. The van der Waals surface area contributed by atoms with Crippen LogP contribution in [-0.4, -0.2) is 35.3 Å². The monoisotopic (exact) mass is 298 g/mol. The Labute approximate surface area is 122 Å². The molecule has 1 rings (SSSR count). The summed E-state index contributed by atoms with van der Waals surface area (Å²) in [5, 5.41) is 9.32. The second-order valence-corrected chi connectivity index (χ2v) is 12.3. The Balaban J connectivity index is 2.84. The third kappa shape index (κ3) is 4.45. The molecule has 0 radical (unpaired) electrons. The van der Waals surface area contributed by atoms with E-state index in [0.717, 1.165) is 11.9 Å². The maximum atomic E-state index is 11.4. The third-order valence-electron chi connectivity index (χ3n) is 3.11. The molecule has 0 atom stereocenters. The van der Waals surface area contributed by atoms with Crippen molar-refractivity contribution in [1.82, 2.24) is 9.55 Å². The van der Waals surface area contributed by atoms with Gasteiger partial charge in [-0.15, -0.1) is 0 Å². The zero-order chi connectivity index (χ0) is 15.5. The molecule has 0 aliphatic rings. The summed E-state index contributed by atoms with van der Waals surface area (Å²) in [4.78, 5) is 15.7. The van der Waals surface area contributed by atoms with Crippen LogP contribution in [0.25, 0.3) is 0 Å². The molecule has 20 heavy (non-hydrogen) atoms. The third-order valence-corrected chi connectivity index (χ3v) is 4.81. The highest BCUT2D eigenvalue weighted by Crippen LogP contribution is 2.19. The van der Waals surface area contributed by atoms with Crippen LogP contribution >= 0.6 is 0 Å². The number of aromatic carboxylic acids is 1. The van der Waals surface area contributed by atoms with Gasteiger partial charge in [-0.1, -0.05) is 33.5 Å². The van der Waals surface area contributed by atoms with Crippen LogP contribution in [0.1, 0.15) is 41.8 Å². The molecular formula is C14H26N2O3Si. The predicted molar refractivity (Wildman–Crippen MR) is 82.1 cm³/mol. The summed E-state index contributed by atoms with van der Waals surface area (Å²) in [6.07, 6.45) is 0. The highest BCUT2D eigenvalue weighted by Gasteiger charge is 2.21. The predicted octanol–water partition coefficient (Wildman–Crippen LogP) is 3.33. The van der Waals surface area contributed by atoms with Crippen LogP contribution in [0.2, 0.25) is 25.7 Å². The van der Waals surface area contributed by atoms with Gasteiger partial charge in [-0.05, 0) is 13.0 Å². The van der Waals surface area contributed by atoms with Crippen molar-refractivity contribution in [3.63, 3.8) is 0 Å². The van der Waals surface area contributed by atoms with Gasteiger partial charge < -0.3 is 9.84 Å². The van der Waals surface area contributed by atoms with Gasteiger partial charge in [0.1, 0.15) is 12.6 Å². The fraction of sp³-hybridized carbons (Fsp3) is 0.714. The quantitative estimate of drug-likeness (QED) is 0.619. The van der Waals surface area contributed by atoms with Gasteiger partial charge in [0, 0.05) is 20.6 Å². The molecule has 1 N–H and O–H groups in total. The molecule has 1 aromatic rings. The van der Waals surface area contributed by atoms with E-state index >= 15 is 0 Å². The number of rotatable bonds is 7. The Morgan fingerprint density at radius 2 is 2.00 bits per heavy atom. The molecule has 114 valence electrons. The van der Waals surface area contributed by atoms with Crippen LogP contribution < -0.4 is 0 Å². The summed E-state index contributed by atoms with van der Waals surface area (Å²) in [5.41, 5.74) is 0.789. The van der Waals surface area contributed by atoms with Crippen molar-refractivity contribution in [2.75, 3.05) is 6.61 Å². The number of imidazole rings is 1. The van der Waals surface area contributed by atoms with Gasteiger partial charge in [-0.3, -0.25) is 4.57 Å². The number of aryl methyl sites for hydroxylation is 1. The van der Waals surface area contributed by atoms with E-state index in [0.29, 0.717) is 12.3 Å². The molecule has 0 aliphatic carbocycles. The Hall–Kier alpha value is -1.14. The molecule has 0 amide bonds. The molecule has 0 aromatic carbocycles. The van der Waals surface area contributed by atoms with Crippen LogP contribution in [0.4, 0.5) is 0 Å². The minimum Gasteiger partial charge on any atom is -0.477 e. The van der Waals surface area contributed by atoms with E-state index < -0.39 is 14.0 Å². The highest BCUT2D eigenvalue weighted by molar-refractivity contribution is 6.76. The van der Waals surface area contributed by atoms with E-state index in [4.69, 9.17) is 4.74 Å². The van der Waals surface area contributed by atoms with Crippen molar-refractivity contribution in [2.24, 2.45) is 0 Å². The minimum absolute atomic E-state index is 0.169. The Morgan fingerprint density at radius 1 is 1.40 bits per heavy atom. The first-order valence-corrected chi connectivity index (χ1v) is 10.7. The lowest BCUT2D eigenvalue weighted by Gasteiger charge is -2.17. The Bertz CT molecular complexity index is 475. The fourth-order valence-corrected chi connectivity index (χ4v) is 2.73. The summed E-state index contributed by atoms with van der Waals surface area (Å²) in [7, 11) is -1.13. The van der Waals surface area contributed by atoms with Crippen LogP contribution in [0.15, 0.2) is 0 Å². The lowest BCUT2D eigenvalue weighted by Crippen LogP contribution is -2.23. The molecule has 0 fully saturated rings. The van der Waals surface area contributed by atoms with Crippen molar-refractivity contribution in [1.29, 1.82) is 0 Å². The minimum atomic E-state index is -1.13. The first-order chi connectivity index (χ1) is 9.13. The van der Waals surface area contributed by atoms with Crippen LogP contribution in [-0.2, 0) is 11.5 Å². The van der Waals surface area contributed by atoms with Crippen molar-refractivity contribution in [2.45, 2.75) is 59.1 Å². The van der Waals surface area contributed by atoms with Gasteiger partial charge in [0.2, 0.25) is 0 Å². The van der Waals surface area contributed by atoms with Crippen LogP contribution in [0.5, 0.6) is 0 Å². The summed E-state index contributed by atoms with van der Waals surface area (Å²) in [6, 6.07) is 1.07. The number of hydrogen-bond donors (Lipinski definition) is 1. The van der Waals surface area contributed by atoms with E-state index in [2.05, 4.69) is 24.6 Å². The molecule has 1 heterocycles.